The maximum atomic E-state index is 13.1. The van der Waals surface area contributed by atoms with Crippen LogP contribution in [0.25, 0.3) is 0 Å². The molecule has 0 aliphatic rings. The third-order valence-corrected chi connectivity index (χ3v) is 4.30. The molecule has 22 heavy (non-hydrogen) atoms. The van der Waals surface area contributed by atoms with Crippen LogP contribution in [-0.4, -0.2) is 25.0 Å². The Balaban J connectivity index is 2.51. The van der Waals surface area contributed by atoms with E-state index in [1.165, 1.54) is 24.5 Å². The minimum absolute atomic E-state index is 0.110. The quantitative estimate of drug-likeness (QED) is 0.488. The molecule has 0 unspecified atom stereocenters. The van der Waals surface area contributed by atoms with Gasteiger partial charge in [0.1, 0.15) is 27.6 Å². The third kappa shape index (κ3) is 4.25. The molecule has 0 radical (unpaired) electrons. The van der Waals surface area contributed by atoms with Gasteiger partial charge in [0, 0.05) is 23.5 Å². The maximum absolute atomic E-state index is 13.1. The molecule has 2 rings (SSSR count). The van der Waals surface area contributed by atoms with Crippen molar-refractivity contribution in [1.29, 1.82) is 0 Å². The summed E-state index contributed by atoms with van der Waals surface area (Å²) < 4.78 is 29.2. The summed E-state index contributed by atoms with van der Waals surface area (Å²) in [4.78, 5) is 7.83. The molecule has 1 heterocycles. The fraction of sp³-hybridized carbons (Fsp3) is 0.267. The van der Waals surface area contributed by atoms with Crippen LogP contribution in [0.3, 0.4) is 0 Å². The first-order valence-corrected chi connectivity index (χ1v) is 8.00. The molecule has 1 atom stereocenters. The van der Waals surface area contributed by atoms with E-state index in [-0.39, 0.29) is 11.1 Å². The number of hydrogen-bond donors (Lipinski definition) is 0. The zero-order valence-corrected chi connectivity index (χ0v) is 14.0. The molecule has 1 aromatic carbocycles. The summed E-state index contributed by atoms with van der Waals surface area (Å²) in [5.74, 6) is -0.354. The van der Waals surface area contributed by atoms with Crippen molar-refractivity contribution in [1.82, 2.24) is 9.97 Å². The predicted octanol–water partition coefficient (Wildman–Crippen LogP) is 3.57. The molecule has 0 fully saturated rings. The highest BCUT2D eigenvalue weighted by Gasteiger charge is 2.28. The van der Waals surface area contributed by atoms with E-state index in [0.717, 1.165) is 0 Å². The van der Waals surface area contributed by atoms with Gasteiger partial charge in [-0.05, 0) is 56.6 Å². The lowest BCUT2D eigenvalue weighted by Gasteiger charge is -2.19. The van der Waals surface area contributed by atoms with E-state index in [9.17, 15) is 8.94 Å². The van der Waals surface area contributed by atoms with Crippen LogP contribution in [0.1, 0.15) is 31.9 Å². The van der Waals surface area contributed by atoms with Gasteiger partial charge in [-0.2, -0.15) is 0 Å². The standard InChI is InChI=1S/C15H15ClFN3OS/c1-15(2,3)22(21)20-13(10-4-6-12(17)7-5-10)11-8-18-14(16)19-9-11/h4-9H,1-3H3/b20-13-/t22-/m0/s1. The Morgan fingerprint density at radius 2 is 1.68 bits per heavy atom. The Morgan fingerprint density at radius 1 is 1.14 bits per heavy atom. The molecular formula is C15H15ClFN3OS. The van der Waals surface area contributed by atoms with Crippen LogP contribution in [0.15, 0.2) is 41.1 Å². The van der Waals surface area contributed by atoms with Gasteiger partial charge in [0.2, 0.25) is 5.28 Å². The first-order valence-electron chi connectivity index (χ1n) is 6.52. The summed E-state index contributed by atoms with van der Waals surface area (Å²) in [6, 6.07) is 5.79. The molecule has 116 valence electrons. The van der Waals surface area contributed by atoms with E-state index in [2.05, 4.69) is 14.4 Å². The molecule has 1 aromatic heterocycles. The summed E-state index contributed by atoms with van der Waals surface area (Å²) in [5, 5.41) is 0.110. The second kappa shape index (κ2) is 6.73. The lowest BCUT2D eigenvalue weighted by atomic mass is 10.1. The molecule has 0 spiro atoms. The van der Waals surface area contributed by atoms with Crippen molar-refractivity contribution >= 4 is 28.7 Å². The summed E-state index contributed by atoms with van der Waals surface area (Å²) in [7, 11) is 0. The Hall–Kier alpha value is -1.50. The van der Waals surface area contributed by atoms with E-state index in [0.29, 0.717) is 16.8 Å². The highest BCUT2D eigenvalue weighted by Crippen LogP contribution is 2.21. The zero-order valence-electron chi connectivity index (χ0n) is 12.4. The zero-order chi connectivity index (χ0) is 16.3. The molecule has 2 aromatic rings. The lowest BCUT2D eigenvalue weighted by molar-refractivity contribution is 0.561. The molecular weight excluding hydrogens is 325 g/mol. The van der Waals surface area contributed by atoms with Crippen molar-refractivity contribution in [2.24, 2.45) is 4.40 Å². The van der Waals surface area contributed by atoms with Crippen molar-refractivity contribution in [3.63, 3.8) is 0 Å². The van der Waals surface area contributed by atoms with Crippen molar-refractivity contribution < 1.29 is 8.94 Å². The fourth-order valence-electron chi connectivity index (χ4n) is 1.53. The van der Waals surface area contributed by atoms with Gasteiger partial charge in [0.25, 0.3) is 0 Å². The van der Waals surface area contributed by atoms with Gasteiger partial charge in [-0.1, -0.05) is 4.40 Å². The monoisotopic (exact) mass is 339 g/mol. The Morgan fingerprint density at radius 3 is 2.18 bits per heavy atom. The van der Waals surface area contributed by atoms with Crippen LogP contribution in [-0.2, 0) is 11.4 Å². The number of hydrogen-bond acceptors (Lipinski definition) is 4. The molecule has 0 saturated carbocycles. The van der Waals surface area contributed by atoms with E-state index >= 15 is 0 Å². The SMILES string of the molecule is CC(C)(C)[S@+]([O-])/N=C(/c1ccc(F)cc1)c1cnc(Cl)nc1. The first kappa shape index (κ1) is 16.9. The van der Waals surface area contributed by atoms with E-state index < -0.39 is 16.1 Å². The molecule has 0 N–H and O–H groups in total. The van der Waals surface area contributed by atoms with Crippen LogP contribution < -0.4 is 0 Å². The molecule has 4 nitrogen and oxygen atoms in total. The lowest BCUT2D eigenvalue weighted by Crippen LogP contribution is -2.27. The topological polar surface area (TPSA) is 61.2 Å². The number of halogens is 2. The van der Waals surface area contributed by atoms with Crippen molar-refractivity contribution in [2.75, 3.05) is 0 Å². The first-order chi connectivity index (χ1) is 10.3. The van der Waals surface area contributed by atoms with Gasteiger partial charge in [0.15, 0.2) is 0 Å². The summed E-state index contributed by atoms with van der Waals surface area (Å²) in [5.41, 5.74) is 1.63. The largest absolute Gasteiger partial charge is 0.591 e. The van der Waals surface area contributed by atoms with E-state index in [4.69, 9.17) is 11.6 Å². The van der Waals surface area contributed by atoms with Gasteiger partial charge in [-0.25, -0.2) is 14.4 Å². The second-order valence-electron chi connectivity index (χ2n) is 5.55. The highest BCUT2D eigenvalue weighted by atomic mass is 35.5. The summed E-state index contributed by atoms with van der Waals surface area (Å²) in [6.45, 7) is 5.48. The number of aromatic nitrogens is 2. The average molecular weight is 340 g/mol. The van der Waals surface area contributed by atoms with Gasteiger partial charge >= 0.3 is 0 Å². The van der Waals surface area contributed by atoms with Gasteiger partial charge < -0.3 is 4.55 Å². The van der Waals surface area contributed by atoms with Crippen molar-refractivity contribution in [2.45, 2.75) is 25.5 Å². The minimum Gasteiger partial charge on any atom is -0.591 e. The number of benzene rings is 1. The second-order valence-corrected chi connectivity index (χ2v) is 7.79. The van der Waals surface area contributed by atoms with Crippen molar-refractivity contribution in [3.8, 4) is 0 Å². The van der Waals surface area contributed by atoms with Crippen molar-refractivity contribution in [3.05, 3.63) is 58.9 Å². The van der Waals surface area contributed by atoms with Crippen LogP contribution in [0.4, 0.5) is 4.39 Å². The number of rotatable bonds is 3. The van der Waals surface area contributed by atoms with Gasteiger partial charge in [-0.3, -0.25) is 0 Å². The fourth-order valence-corrected chi connectivity index (χ4v) is 2.28. The predicted molar refractivity (Wildman–Crippen MR) is 87.0 cm³/mol. The molecule has 0 saturated heterocycles. The average Bonchev–Trinajstić information content (AvgIpc) is 2.46. The molecule has 0 bridgehead atoms. The third-order valence-electron chi connectivity index (χ3n) is 2.71. The normalized spacial score (nSPS) is 14.0. The van der Waals surface area contributed by atoms with Crippen LogP contribution in [0.5, 0.6) is 0 Å². The van der Waals surface area contributed by atoms with Crippen LogP contribution in [0.2, 0.25) is 5.28 Å². The summed E-state index contributed by atoms with van der Waals surface area (Å²) in [6.07, 6.45) is 2.99. The van der Waals surface area contributed by atoms with E-state index in [1.54, 1.807) is 12.1 Å². The molecule has 0 amide bonds. The molecule has 0 aliphatic heterocycles. The minimum atomic E-state index is -1.47. The van der Waals surface area contributed by atoms with Crippen LogP contribution >= 0.6 is 11.6 Å². The maximum Gasteiger partial charge on any atom is 0.222 e. The highest BCUT2D eigenvalue weighted by molar-refractivity contribution is 7.91. The molecule has 0 aliphatic carbocycles. The molecule has 7 heteroatoms. The Labute approximate surface area is 136 Å². The smallest absolute Gasteiger partial charge is 0.222 e. The number of nitrogens with zero attached hydrogens (tertiary/aromatic N) is 3. The van der Waals surface area contributed by atoms with Gasteiger partial charge in [-0.15, -0.1) is 0 Å². The van der Waals surface area contributed by atoms with Gasteiger partial charge in [0.05, 0.1) is 0 Å². The Kier molecular flexibility index (Phi) is 5.16. The van der Waals surface area contributed by atoms with Crippen LogP contribution in [0, 0.1) is 5.82 Å². The Bertz CT molecular complexity index is 621. The van der Waals surface area contributed by atoms with E-state index in [1.807, 2.05) is 20.8 Å². The summed E-state index contributed by atoms with van der Waals surface area (Å²) >= 11 is 4.22.